The van der Waals surface area contributed by atoms with E-state index in [-0.39, 0.29) is 18.1 Å². The van der Waals surface area contributed by atoms with Crippen molar-refractivity contribution in [2.24, 2.45) is 0 Å². The van der Waals surface area contributed by atoms with Crippen LogP contribution in [-0.4, -0.2) is 55.2 Å². The molecule has 1 aromatic carbocycles. The van der Waals surface area contributed by atoms with Crippen LogP contribution in [0.1, 0.15) is 10.4 Å². The van der Waals surface area contributed by atoms with E-state index >= 15 is 0 Å². The highest BCUT2D eigenvalue weighted by molar-refractivity contribution is 5.93. The number of carbonyl (C=O) groups is 3. The van der Waals surface area contributed by atoms with Crippen molar-refractivity contribution in [2.45, 2.75) is 0 Å². The van der Waals surface area contributed by atoms with E-state index in [1.807, 2.05) is 0 Å². The molecule has 4 amide bonds. The highest BCUT2D eigenvalue weighted by Crippen LogP contribution is 2.10. The van der Waals surface area contributed by atoms with Crippen molar-refractivity contribution in [3.05, 3.63) is 29.8 Å². The maximum Gasteiger partial charge on any atom is 0.335 e. The van der Waals surface area contributed by atoms with Gasteiger partial charge in [0.1, 0.15) is 0 Å². The number of benzene rings is 1. The summed E-state index contributed by atoms with van der Waals surface area (Å²) in [5, 5.41) is 16.5. The molecule has 0 saturated carbocycles. The molecular formula is C13H18N4O4. The molecule has 0 spiro atoms. The van der Waals surface area contributed by atoms with Gasteiger partial charge in [0.2, 0.25) is 0 Å². The van der Waals surface area contributed by atoms with E-state index in [0.717, 1.165) is 0 Å². The number of hydrogen-bond donors (Lipinski definition) is 4. The van der Waals surface area contributed by atoms with Crippen LogP contribution >= 0.6 is 0 Å². The average Bonchev–Trinajstić information content (AvgIpc) is 2.43. The summed E-state index contributed by atoms with van der Waals surface area (Å²) in [7, 11) is 3.23. The summed E-state index contributed by atoms with van der Waals surface area (Å²) < 4.78 is 0. The van der Waals surface area contributed by atoms with E-state index in [9.17, 15) is 14.4 Å². The molecule has 0 aliphatic heterocycles. The molecule has 0 atom stereocenters. The average molecular weight is 294 g/mol. The zero-order valence-corrected chi connectivity index (χ0v) is 11.8. The monoisotopic (exact) mass is 294 g/mol. The van der Waals surface area contributed by atoms with Crippen LogP contribution in [-0.2, 0) is 0 Å². The Labute approximate surface area is 122 Å². The first kappa shape index (κ1) is 16.3. The number of carbonyl (C=O) groups excluding carboxylic acids is 2. The zero-order chi connectivity index (χ0) is 15.8. The minimum absolute atomic E-state index is 0.0889. The van der Waals surface area contributed by atoms with Crippen LogP contribution in [0.4, 0.5) is 15.3 Å². The van der Waals surface area contributed by atoms with Gasteiger partial charge in [-0.1, -0.05) is 6.07 Å². The summed E-state index contributed by atoms with van der Waals surface area (Å²) in [6.45, 7) is 0.545. The SMILES string of the molecule is CN(C)C(=O)NCCNC(=O)Nc1cccc(C(=O)O)c1. The zero-order valence-electron chi connectivity index (χ0n) is 11.8. The molecule has 0 saturated heterocycles. The Morgan fingerprint density at radius 2 is 1.81 bits per heavy atom. The van der Waals surface area contributed by atoms with Crippen LogP contribution in [0.15, 0.2) is 24.3 Å². The lowest BCUT2D eigenvalue weighted by Gasteiger charge is -2.12. The summed E-state index contributed by atoms with van der Waals surface area (Å²) in [5.41, 5.74) is 0.468. The second-order valence-corrected chi connectivity index (χ2v) is 4.39. The van der Waals surface area contributed by atoms with Crippen molar-refractivity contribution < 1.29 is 19.5 Å². The molecule has 0 aromatic heterocycles. The van der Waals surface area contributed by atoms with Crippen LogP contribution in [0.5, 0.6) is 0 Å². The first-order valence-corrected chi connectivity index (χ1v) is 6.23. The van der Waals surface area contributed by atoms with Crippen molar-refractivity contribution in [1.82, 2.24) is 15.5 Å². The Balaban J connectivity index is 2.35. The highest BCUT2D eigenvalue weighted by Gasteiger charge is 2.06. The number of carboxylic acids is 1. The standard InChI is InChI=1S/C13H18N4O4/c1-17(2)13(21)15-7-6-14-12(20)16-10-5-3-4-9(8-10)11(18)19/h3-5,8H,6-7H2,1-2H3,(H,15,21)(H,18,19)(H2,14,16,20). The fourth-order valence-electron chi connectivity index (χ4n) is 1.41. The normalized spacial score (nSPS) is 9.62. The second kappa shape index (κ2) is 7.73. The molecule has 1 rings (SSSR count). The van der Waals surface area contributed by atoms with Crippen LogP contribution in [0.25, 0.3) is 0 Å². The molecule has 0 aliphatic rings. The largest absolute Gasteiger partial charge is 0.478 e. The van der Waals surface area contributed by atoms with E-state index in [4.69, 9.17) is 5.11 Å². The molecule has 21 heavy (non-hydrogen) atoms. The number of hydrogen-bond acceptors (Lipinski definition) is 3. The Hall–Kier alpha value is -2.77. The Morgan fingerprint density at radius 1 is 1.14 bits per heavy atom. The van der Waals surface area contributed by atoms with Gasteiger partial charge in [-0.3, -0.25) is 0 Å². The van der Waals surface area contributed by atoms with Crippen LogP contribution in [0.2, 0.25) is 0 Å². The van der Waals surface area contributed by atoms with Crippen molar-refractivity contribution in [3.63, 3.8) is 0 Å². The number of carboxylic acid groups (broad SMARTS) is 1. The van der Waals surface area contributed by atoms with E-state index in [1.54, 1.807) is 20.2 Å². The van der Waals surface area contributed by atoms with E-state index < -0.39 is 12.0 Å². The molecular weight excluding hydrogens is 276 g/mol. The number of aromatic carboxylic acids is 1. The molecule has 8 nitrogen and oxygen atoms in total. The van der Waals surface area contributed by atoms with Gasteiger partial charge in [-0.2, -0.15) is 0 Å². The Kier molecular flexibility index (Phi) is 5.99. The maximum absolute atomic E-state index is 11.6. The molecule has 1 aromatic rings. The van der Waals surface area contributed by atoms with E-state index in [1.165, 1.54) is 23.1 Å². The summed E-state index contributed by atoms with van der Waals surface area (Å²) in [6.07, 6.45) is 0. The lowest BCUT2D eigenvalue weighted by atomic mass is 10.2. The minimum atomic E-state index is -1.06. The van der Waals surface area contributed by atoms with Crippen LogP contribution in [0, 0.1) is 0 Å². The van der Waals surface area contributed by atoms with E-state index in [0.29, 0.717) is 12.2 Å². The van der Waals surface area contributed by atoms with Gasteiger partial charge in [-0.05, 0) is 18.2 Å². The quantitative estimate of drug-likeness (QED) is 0.601. The van der Waals surface area contributed by atoms with Gasteiger partial charge in [-0.25, -0.2) is 14.4 Å². The molecule has 114 valence electrons. The van der Waals surface area contributed by atoms with Crippen LogP contribution in [0.3, 0.4) is 0 Å². The third-order valence-corrected chi connectivity index (χ3v) is 2.46. The first-order chi connectivity index (χ1) is 9.90. The fraction of sp³-hybridized carbons (Fsp3) is 0.308. The number of nitrogens with one attached hydrogen (secondary N) is 3. The third-order valence-electron chi connectivity index (χ3n) is 2.46. The second-order valence-electron chi connectivity index (χ2n) is 4.39. The summed E-state index contributed by atoms with van der Waals surface area (Å²) in [6, 6.07) is 5.19. The van der Waals surface area contributed by atoms with Crippen molar-refractivity contribution in [1.29, 1.82) is 0 Å². The molecule has 0 radical (unpaired) electrons. The first-order valence-electron chi connectivity index (χ1n) is 6.23. The van der Waals surface area contributed by atoms with Gasteiger partial charge in [-0.15, -0.1) is 0 Å². The number of nitrogens with zero attached hydrogens (tertiary/aromatic N) is 1. The maximum atomic E-state index is 11.6. The summed E-state index contributed by atoms with van der Waals surface area (Å²) in [5.74, 6) is -1.06. The number of amides is 4. The van der Waals surface area contributed by atoms with Gasteiger partial charge < -0.3 is 26.0 Å². The number of urea groups is 2. The smallest absolute Gasteiger partial charge is 0.335 e. The van der Waals surface area contributed by atoms with Gasteiger partial charge in [0.05, 0.1) is 5.56 Å². The van der Waals surface area contributed by atoms with Gasteiger partial charge in [0.25, 0.3) is 0 Å². The van der Waals surface area contributed by atoms with Crippen molar-refractivity contribution in [2.75, 3.05) is 32.5 Å². The van der Waals surface area contributed by atoms with Gasteiger partial charge in [0.15, 0.2) is 0 Å². The molecule has 0 unspecified atom stereocenters. The predicted octanol–water partition coefficient (Wildman–Crippen LogP) is 0.778. The van der Waals surface area contributed by atoms with Crippen LogP contribution < -0.4 is 16.0 Å². The third kappa shape index (κ3) is 5.81. The predicted molar refractivity (Wildman–Crippen MR) is 77.5 cm³/mol. The van der Waals surface area contributed by atoms with Crippen molar-refractivity contribution >= 4 is 23.7 Å². The molecule has 0 heterocycles. The van der Waals surface area contributed by atoms with Crippen molar-refractivity contribution in [3.8, 4) is 0 Å². The Bertz CT molecular complexity index is 531. The van der Waals surface area contributed by atoms with Gasteiger partial charge in [0, 0.05) is 32.9 Å². The Morgan fingerprint density at radius 3 is 2.43 bits per heavy atom. The lowest BCUT2D eigenvalue weighted by molar-refractivity contribution is 0.0697. The molecule has 8 heteroatoms. The topological polar surface area (TPSA) is 111 Å². The summed E-state index contributed by atoms with van der Waals surface area (Å²) in [4.78, 5) is 35.0. The van der Waals surface area contributed by atoms with Gasteiger partial charge >= 0.3 is 18.0 Å². The number of rotatable bonds is 5. The lowest BCUT2D eigenvalue weighted by Crippen LogP contribution is -2.40. The summed E-state index contributed by atoms with van der Waals surface area (Å²) >= 11 is 0. The number of anilines is 1. The highest BCUT2D eigenvalue weighted by atomic mass is 16.4. The van der Waals surface area contributed by atoms with E-state index in [2.05, 4.69) is 16.0 Å². The minimum Gasteiger partial charge on any atom is -0.478 e. The molecule has 0 fully saturated rings. The molecule has 0 aliphatic carbocycles. The molecule has 4 N–H and O–H groups in total. The molecule has 0 bridgehead atoms. The fourth-order valence-corrected chi connectivity index (χ4v) is 1.41.